The molecule has 0 saturated heterocycles. The SMILES string of the molecule is CC(=O)Oc1ccc(I)cc1C(=O)NCCc1ccc(S(N)(=O)=O)cc1. The van der Waals surface area contributed by atoms with Gasteiger partial charge in [-0.25, -0.2) is 13.6 Å². The summed E-state index contributed by atoms with van der Waals surface area (Å²) >= 11 is 2.07. The van der Waals surface area contributed by atoms with Crippen LogP contribution in [-0.4, -0.2) is 26.8 Å². The summed E-state index contributed by atoms with van der Waals surface area (Å²) in [4.78, 5) is 23.6. The van der Waals surface area contributed by atoms with E-state index in [-0.39, 0.29) is 22.1 Å². The molecule has 9 heteroatoms. The highest BCUT2D eigenvalue weighted by Gasteiger charge is 2.14. The highest BCUT2D eigenvalue weighted by Crippen LogP contribution is 2.21. The van der Waals surface area contributed by atoms with Gasteiger partial charge in [-0.2, -0.15) is 0 Å². The Labute approximate surface area is 165 Å². The number of hydrogen-bond donors (Lipinski definition) is 2. The van der Waals surface area contributed by atoms with Crippen molar-refractivity contribution in [1.29, 1.82) is 0 Å². The van der Waals surface area contributed by atoms with E-state index >= 15 is 0 Å². The van der Waals surface area contributed by atoms with E-state index in [2.05, 4.69) is 27.9 Å². The van der Waals surface area contributed by atoms with Crippen LogP contribution in [0.4, 0.5) is 0 Å². The molecule has 0 aliphatic rings. The number of rotatable bonds is 6. The first-order chi connectivity index (χ1) is 12.2. The van der Waals surface area contributed by atoms with Gasteiger partial charge in [0.15, 0.2) is 0 Å². The third-order valence-electron chi connectivity index (χ3n) is 3.39. The van der Waals surface area contributed by atoms with Gasteiger partial charge in [0.2, 0.25) is 10.0 Å². The number of halogens is 1. The third-order valence-corrected chi connectivity index (χ3v) is 4.99. The highest BCUT2D eigenvalue weighted by molar-refractivity contribution is 14.1. The molecule has 26 heavy (non-hydrogen) atoms. The molecule has 2 aromatic carbocycles. The molecule has 0 radical (unpaired) electrons. The lowest BCUT2D eigenvalue weighted by molar-refractivity contribution is -0.131. The van der Waals surface area contributed by atoms with Gasteiger partial charge in [0.1, 0.15) is 5.75 Å². The number of nitrogens with two attached hydrogens (primary N) is 1. The summed E-state index contributed by atoms with van der Waals surface area (Å²) < 4.78 is 28.3. The molecule has 138 valence electrons. The van der Waals surface area contributed by atoms with Crippen LogP contribution in [0.15, 0.2) is 47.4 Å². The molecule has 0 spiro atoms. The lowest BCUT2D eigenvalue weighted by Gasteiger charge is -2.10. The van der Waals surface area contributed by atoms with Crippen LogP contribution in [0.5, 0.6) is 5.75 Å². The average Bonchev–Trinajstić information content (AvgIpc) is 2.55. The number of primary sulfonamides is 1. The molecule has 0 bridgehead atoms. The largest absolute Gasteiger partial charge is 0.426 e. The van der Waals surface area contributed by atoms with E-state index in [1.54, 1.807) is 30.3 Å². The number of nitrogens with one attached hydrogen (secondary N) is 1. The lowest BCUT2D eigenvalue weighted by Crippen LogP contribution is -2.26. The van der Waals surface area contributed by atoms with Crippen molar-refractivity contribution in [3.05, 3.63) is 57.2 Å². The van der Waals surface area contributed by atoms with Crippen molar-refractivity contribution < 1.29 is 22.7 Å². The van der Waals surface area contributed by atoms with Gasteiger partial charge in [0.25, 0.3) is 5.91 Å². The maximum atomic E-state index is 12.4. The van der Waals surface area contributed by atoms with Gasteiger partial charge in [-0.3, -0.25) is 9.59 Å². The fraction of sp³-hybridized carbons (Fsp3) is 0.176. The fourth-order valence-electron chi connectivity index (χ4n) is 2.18. The number of amides is 1. The fourth-order valence-corrected chi connectivity index (χ4v) is 3.19. The molecular formula is C17H17IN2O5S. The highest BCUT2D eigenvalue weighted by atomic mass is 127. The Morgan fingerprint density at radius 2 is 1.81 bits per heavy atom. The zero-order valence-electron chi connectivity index (χ0n) is 13.9. The van der Waals surface area contributed by atoms with Gasteiger partial charge in [-0.1, -0.05) is 12.1 Å². The van der Waals surface area contributed by atoms with E-state index in [9.17, 15) is 18.0 Å². The molecule has 1 amide bonds. The van der Waals surface area contributed by atoms with E-state index in [1.807, 2.05) is 0 Å². The second-order valence-electron chi connectivity index (χ2n) is 5.43. The van der Waals surface area contributed by atoms with Gasteiger partial charge < -0.3 is 10.1 Å². The van der Waals surface area contributed by atoms with Crippen molar-refractivity contribution in [2.45, 2.75) is 18.2 Å². The van der Waals surface area contributed by atoms with Crippen molar-refractivity contribution in [3.8, 4) is 5.75 Å². The van der Waals surface area contributed by atoms with Gasteiger partial charge >= 0.3 is 5.97 Å². The molecule has 7 nitrogen and oxygen atoms in total. The number of esters is 1. The predicted octanol–water partition coefficient (Wildman–Crippen LogP) is 1.84. The van der Waals surface area contributed by atoms with E-state index in [4.69, 9.17) is 9.88 Å². The summed E-state index contributed by atoms with van der Waals surface area (Å²) in [7, 11) is -3.72. The molecule has 0 saturated carbocycles. The summed E-state index contributed by atoms with van der Waals surface area (Å²) in [5.41, 5.74) is 1.12. The molecule has 0 aromatic heterocycles. The minimum Gasteiger partial charge on any atom is -0.426 e. The first-order valence-corrected chi connectivity index (χ1v) is 10.2. The Balaban J connectivity index is 2.01. The maximum Gasteiger partial charge on any atom is 0.308 e. The third kappa shape index (κ3) is 5.78. The monoisotopic (exact) mass is 488 g/mol. The lowest BCUT2D eigenvalue weighted by atomic mass is 10.1. The van der Waals surface area contributed by atoms with Crippen molar-refractivity contribution in [3.63, 3.8) is 0 Å². The first-order valence-electron chi connectivity index (χ1n) is 7.55. The van der Waals surface area contributed by atoms with Gasteiger partial charge in [-0.05, 0) is 64.9 Å². The van der Waals surface area contributed by atoms with Crippen LogP contribution in [0.1, 0.15) is 22.8 Å². The second-order valence-corrected chi connectivity index (χ2v) is 8.24. The number of hydrogen-bond acceptors (Lipinski definition) is 5. The number of benzene rings is 2. The smallest absolute Gasteiger partial charge is 0.308 e. The van der Waals surface area contributed by atoms with E-state index < -0.39 is 16.0 Å². The van der Waals surface area contributed by atoms with Crippen LogP contribution in [0.3, 0.4) is 0 Å². The zero-order chi connectivity index (χ0) is 19.3. The van der Waals surface area contributed by atoms with Crippen LogP contribution in [0.2, 0.25) is 0 Å². The quantitative estimate of drug-likeness (QED) is 0.366. The second kappa shape index (κ2) is 8.60. The Morgan fingerprint density at radius 3 is 2.38 bits per heavy atom. The van der Waals surface area contributed by atoms with Crippen LogP contribution < -0.4 is 15.2 Å². The predicted molar refractivity (Wildman–Crippen MR) is 104 cm³/mol. The van der Waals surface area contributed by atoms with E-state index in [0.29, 0.717) is 13.0 Å². The average molecular weight is 488 g/mol. The standard InChI is InChI=1S/C17H17IN2O5S/c1-11(21)25-16-7-4-13(18)10-15(16)17(22)20-9-8-12-2-5-14(6-3-12)26(19,23)24/h2-7,10H,8-9H2,1H3,(H,20,22)(H2,19,23,24). The molecule has 2 rings (SSSR count). The zero-order valence-corrected chi connectivity index (χ0v) is 16.8. The Hall–Kier alpha value is -1.98. The molecule has 0 heterocycles. The van der Waals surface area contributed by atoms with Crippen molar-refractivity contribution in [1.82, 2.24) is 5.32 Å². The minimum atomic E-state index is -3.72. The molecule has 3 N–H and O–H groups in total. The van der Waals surface area contributed by atoms with Crippen LogP contribution >= 0.6 is 22.6 Å². The topological polar surface area (TPSA) is 116 Å². The van der Waals surface area contributed by atoms with Crippen LogP contribution in [0, 0.1) is 3.57 Å². The Morgan fingerprint density at radius 1 is 1.15 bits per heavy atom. The molecule has 2 aromatic rings. The van der Waals surface area contributed by atoms with Crippen molar-refractivity contribution in [2.75, 3.05) is 6.54 Å². The molecule has 0 aliphatic heterocycles. The number of carbonyl (C=O) groups is 2. The van der Waals surface area contributed by atoms with Crippen LogP contribution in [0.25, 0.3) is 0 Å². The summed E-state index contributed by atoms with van der Waals surface area (Å²) in [6.07, 6.45) is 0.503. The Kier molecular flexibility index (Phi) is 6.73. The van der Waals surface area contributed by atoms with Crippen LogP contribution in [-0.2, 0) is 21.2 Å². The summed E-state index contributed by atoms with van der Waals surface area (Å²) in [6.45, 7) is 1.60. The minimum absolute atomic E-state index is 0.0372. The first kappa shape index (κ1) is 20.3. The molecular weight excluding hydrogens is 471 g/mol. The maximum absolute atomic E-state index is 12.4. The van der Waals surface area contributed by atoms with Gasteiger partial charge in [0.05, 0.1) is 10.5 Å². The van der Waals surface area contributed by atoms with Gasteiger partial charge in [-0.15, -0.1) is 0 Å². The van der Waals surface area contributed by atoms with Crippen molar-refractivity contribution in [2.24, 2.45) is 5.14 Å². The summed E-state index contributed by atoms with van der Waals surface area (Å²) in [5, 5.41) is 7.81. The number of carbonyl (C=O) groups excluding carboxylic acids is 2. The molecule has 0 atom stereocenters. The number of ether oxygens (including phenoxy) is 1. The number of sulfonamides is 1. The van der Waals surface area contributed by atoms with Gasteiger partial charge in [0, 0.05) is 17.0 Å². The normalized spacial score (nSPS) is 11.0. The molecule has 0 unspecified atom stereocenters. The summed E-state index contributed by atoms with van der Waals surface area (Å²) in [5.74, 6) is -0.663. The summed E-state index contributed by atoms with van der Waals surface area (Å²) in [6, 6.07) is 11.1. The van der Waals surface area contributed by atoms with Crippen molar-refractivity contribution >= 4 is 44.5 Å². The molecule has 0 aliphatic carbocycles. The van der Waals surface area contributed by atoms with E-state index in [1.165, 1.54) is 19.1 Å². The molecule has 0 fully saturated rings. The Bertz CT molecular complexity index is 927. The van der Waals surface area contributed by atoms with E-state index in [0.717, 1.165) is 9.13 Å².